The minimum atomic E-state index is -3.21. The second-order valence-corrected chi connectivity index (χ2v) is 9.17. The van der Waals surface area contributed by atoms with Crippen molar-refractivity contribution < 1.29 is 13.2 Å². The first-order valence-corrected chi connectivity index (χ1v) is 10.6. The molecule has 1 amide bonds. The van der Waals surface area contributed by atoms with Gasteiger partial charge >= 0.3 is 0 Å². The van der Waals surface area contributed by atoms with Gasteiger partial charge in [0.1, 0.15) is 0 Å². The molecule has 1 atom stereocenters. The van der Waals surface area contributed by atoms with E-state index >= 15 is 0 Å². The third kappa shape index (κ3) is 3.73. The van der Waals surface area contributed by atoms with Crippen LogP contribution in [0.15, 0.2) is 30.3 Å². The molecule has 2 saturated heterocycles. The van der Waals surface area contributed by atoms with Crippen LogP contribution in [0.3, 0.4) is 0 Å². The van der Waals surface area contributed by atoms with Crippen LogP contribution in [-0.4, -0.2) is 56.6 Å². The fourth-order valence-electron chi connectivity index (χ4n) is 3.83. The number of rotatable bonds is 5. The molecule has 3 rings (SSSR count). The fourth-order valence-corrected chi connectivity index (χ4v) is 4.94. The molecule has 7 heteroatoms. The zero-order valence-electron chi connectivity index (χ0n) is 14.7. The summed E-state index contributed by atoms with van der Waals surface area (Å²) in [6.45, 7) is 4.16. The lowest BCUT2D eigenvalue weighted by molar-refractivity contribution is -0.128. The van der Waals surface area contributed by atoms with E-state index in [-0.39, 0.29) is 17.7 Å². The number of piperidine rings is 1. The van der Waals surface area contributed by atoms with Crippen molar-refractivity contribution in [3.8, 4) is 0 Å². The SMILES string of the molecule is CCS(=O)(=O)N1CCC(C(=O)NC2CCNC2)(c2ccccc2)CC1. The van der Waals surface area contributed by atoms with Crippen molar-refractivity contribution in [3.05, 3.63) is 35.9 Å². The van der Waals surface area contributed by atoms with E-state index in [2.05, 4.69) is 10.6 Å². The number of carbonyl (C=O) groups is 1. The maximum absolute atomic E-state index is 13.2. The predicted molar refractivity (Wildman–Crippen MR) is 97.8 cm³/mol. The van der Waals surface area contributed by atoms with Gasteiger partial charge in [-0.2, -0.15) is 0 Å². The van der Waals surface area contributed by atoms with Gasteiger partial charge in [-0.15, -0.1) is 0 Å². The minimum Gasteiger partial charge on any atom is -0.351 e. The number of nitrogens with one attached hydrogen (secondary N) is 2. The predicted octanol–water partition coefficient (Wildman–Crippen LogP) is 0.848. The Morgan fingerprint density at radius 2 is 1.96 bits per heavy atom. The van der Waals surface area contributed by atoms with Crippen LogP contribution in [0.2, 0.25) is 0 Å². The van der Waals surface area contributed by atoms with Crippen molar-refractivity contribution in [2.24, 2.45) is 0 Å². The highest BCUT2D eigenvalue weighted by Gasteiger charge is 2.45. The molecule has 2 aliphatic heterocycles. The van der Waals surface area contributed by atoms with Crippen molar-refractivity contribution in [2.75, 3.05) is 31.9 Å². The number of benzene rings is 1. The highest BCUT2D eigenvalue weighted by Crippen LogP contribution is 2.37. The highest BCUT2D eigenvalue weighted by molar-refractivity contribution is 7.89. The van der Waals surface area contributed by atoms with Crippen molar-refractivity contribution in [3.63, 3.8) is 0 Å². The second-order valence-electron chi connectivity index (χ2n) is 6.91. The topological polar surface area (TPSA) is 78.5 Å². The molecule has 0 spiro atoms. The molecule has 1 unspecified atom stereocenters. The van der Waals surface area contributed by atoms with Crippen molar-refractivity contribution >= 4 is 15.9 Å². The fraction of sp³-hybridized carbons (Fsp3) is 0.611. The molecule has 1 aromatic carbocycles. The van der Waals surface area contributed by atoms with Gasteiger partial charge in [0.2, 0.25) is 15.9 Å². The second kappa shape index (κ2) is 7.43. The molecule has 0 aliphatic carbocycles. The van der Waals surface area contributed by atoms with Crippen molar-refractivity contribution in [1.82, 2.24) is 14.9 Å². The van der Waals surface area contributed by atoms with Crippen LogP contribution in [0.4, 0.5) is 0 Å². The van der Waals surface area contributed by atoms with Gasteiger partial charge in [-0.25, -0.2) is 12.7 Å². The molecule has 0 saturated carbocycles. The zero-order valence-corrected chi connectivity index (χ0v) is 15.5. The Bertz CT molecular complexity index is 692. The van der Waals surface area contributed by atoms with Crippen LogP contribution in [0, 0.1) is 0 Å². The number of hydrogen-bond donors (Lipinski definition) is 2. The lowest BCUT2D eigenvalue weighted by Crippen LogP contribution is -2.55. The molecule has 0 aromatic heterocycles. The van der Waals surface area contributed by atoms with Crippen LogP contribution >= 0.6 is 0 Å². The van der Waals surface area contributed by atoms with Gasteiger partial charge in [0.05, 0.1) is 11.2 Å². The van der Waals surface area contributed by atoms with E-state index in [4.69, 9.17) is 0 Å². The third-order valence-corrected chi connectivity index (χ3v) is 7.37. The quantitative estimate of drug-likeness (QED) is 0.811. The lowest BCUT2D eigenvalue weighted by Gasteiger charge is -2.41. The van der Waals surface area contributed by atoms with E-state index in [0.29, 0.717) is 25.9 Å². The summed E-state index contributed by atoms with van der Waals surface area (Å²) < 4.78 is 25.9. The number of amides is 1. The Balaban J connectivity index is 1.83. The van der Waals surface area contributed by atoms with E-state index < -0.39 is 15.4 Å². The van der Waals surface area contributed by atoms with Crippen molar-refractivity contribution in [1.29, 1.82) is 0 Å². The molecule has 2 N–H and O–H groups in total. The van der Waals surface area contributed by atoms with Crippen LogP contribution in [0.1, 0.15) is 31.7 Å². The third-order valence-electron chi connectivity index (χ3n) is 5.49. The number of nitrogens with zero attached hydrogens (tertiary/aromatic N) is 1. The number of sulfonamides is 1. The van der Waals surface area contributed by atoms with E-state index in [1.165, 1.54) is 4.31 Å². The molecular weight excluding hydrogens is 338 g/mol. The average Bonchev–Trinajstić information content (AvgIpc) is 3.15. The van der Waals surface area contributed by atoms with E-state index in [0.717, 1.165) is 25.1 Å². The van der Waals surface area contributed by atoms with Gasteiger partial charge in [-0.1, -0.05) is 30.3 Å². The first-order valence-electron chi connectivity index (χ1n) is 9.03. The Hall–Kier alpha value is -1.44. The van der Waals surface area contributed by atoms with Gasteiger partial charge in [-0.3, -0.25) is 4.79 Å². The summed E-state index contributed by atoms with van der Waals surface area (Å²) >= 11 is 0. The Morgan fingerprint density at radius 3 is 2.52 bits per heavy atom. The standard InChI is InChI=1S/C18H27N3O3S/c1-2-25(23,24)21-12-9-18(10-13-21,15-6-4-3-5-7-15)17(22)20-16-8-11-19-14-16/h3-7,16,19H,2,8-14H2,1H3,(H,20,22). The van der Waals surface area contributed by atoms with Gasteiger partial charge in [0.25, 0.3) is 0 Å². The van der Waals surface area contributed by atoms with Crippen LogP contribution in [0.5, 0.6) is 0 Å². The maximum atomic E-state index is 13.2. The van der Waals surface area contributed by atoms with Gasteiger partial charge < -0.3 is 10.6 Å². The molecule has 2 fully saturated rings. The molecule has 138 valence electrons. The average molecular weight is 365 g/mol. The van der Waals surface area contributed by atoms with Crippen LogP contribution in [-0.2, 0) is 20.2 Å². The van der Waals surface area contributed by atoms with E-state index in [1.54, 1.807) is 6.92 Å². The van der Waals surface area contributed by atoms with Crippen LogP contribution in [0.25, 0.3) is 0 Å². The summed E-state index contributed by atoms with van der Waals surface area (Å²) in [6, 6.07) is 9.94. The Morgan fingerprint density at radius 1 is 1.28 bits per heavy atom. The first-order chi connectivity index (χ1) is 12.0. The lowest BCUT2D eigenvalue weighted by atomic mass is 9.72. The molecule has 6 nitrogen and oxygen atoms in total. The summed E-state index contributed by atoms with van der Waals surface area (Å²) in [6.07, 6.45) is 1.97. The van der Waals surface area contributed by atoms with Gasteiger partial charge in [0.15, 0.2) is 0 Å². The van der Waals surface area contributed by atoms with E-state index in [9.17, 15) is 13.2 Å². The van der Waals surface area contributed by atoms with Crippen molar-refractivity contribution in [2.45, 2.75) is 37.6 Å². The van der Waals surface area contributed by atoms with Crippen LogP contribution < -0.4 is 10.6 Å². The molecule has 2 heterocycles. The Kier molecular flexibility index (Phi) is 5.46. The molecule has 0 bridgehead atoms. The number of hydrogen-bond acceptors (Lipinski definition) is 4. The summed E-state index contributed by atoms with van der Waals surface area (Å²) in [4.78, 5) is 13.2. The first kappa shape index (κ1) is 18.4. The molecular formula is C18H27N3O3S. The van der Waals surface area contributed by atoms with E-state index in [1.807, 2.05) is 30.3 Å². The summed E-state index contributed by atoms with van der Waals surface area (Å²) in [5, 5.41) is 6.45. The summed E-state index contributed by atoms with van der Waals surface area (Å²) in [5.74, 6) is 0.131. The maximum Gasteiger partial charge on any atom is 0.231 e. The Labute approximate surface area is 150 Å². The molecule has 0 radical (unpaired) electrons. The summed E-state index contributed by atoms with van der Waals surface area (Å²) in [7, 11) is -3.21. The molecule has 1 aromatic rings. The molecule has 2 aliphatic rings. The zero-order chi connectivity index (χ0) is 17.9. The normalized spacial score (nSPS) is 24.1. The van der Waals surface area contributed by atoms with Gasteiger partial charge in [-0.05, 0) is 38.3 Å². The van der Waals surface area contributed by atoms with Gasteiger partial charge in [0, 0.05) is 25.7 Å². The highest BCUT2D eigenvalue weighted by atomic mass is 32.2. The summed E-state index contributed by atoms with van der Waals surface area (Å²) in [5.41, 5.74) is 0.330. The smallest absolute Gasteiger partial charge is 0.231 e. The molecule has 25 heavy (non-hydrogen) atoms. The minimum absolute atomic E-state index is 0.0287. The monoisotopic (exact) mass is 365 g/mol. The number of carbonyl (C=O) groups excluding carboxylic acids is 1. The largest absolute Gasteiger partial charge is 0.351 e.